The summed E-state index contributed by atoms with van der Waals surface area (Å²) in [6.45, 7) is 2.30. The molecule has 6 heteroatoms. The first-order valence-corrected chi connectivity index (χ1v) is 9.29. The summed E-state index contributed by atoms with van der Waals surface area (Å²) in [5.41, 5.74) is 3.97. The van der Waals surface area contributed by atoms with Gasteiger partial charge < -0.3 is 20.2 Å². The fourth-order valence-electron chi connectivity index (χ4n) is 3.55. The Morgan fingerprint density at radius 1 is 1.04 bits per heavy atom. The van der Waals surface area contributed by atoms with E-state index in [0.717, 1.165) is 28.5 Å². The summed E-state index contributed by atoms with van der Waals surface area (Å²) in [5, 5.41) is 7.93. The highest BCUT2D eigenvalue weighted by Gasteiger charge is 2.10. The van der Waals surface area contributed by atoms with Crippen molar-refractivity contribution in [2.24, 2.45) is 0 Å². The van der Waals surface area contributed by atoms with Gasteiger partial charge in [-0.3, -0.25) is 9.59 Å². The molecule has 0 aliphatic rings. The summed E-state index contributed by atoms with van der Waals surface area (Å²) >= 11 is 0. The highest BCUT2D eigenvalue weighted by atomic mass is 16.2. The highest BCUT2D eigenvalue weighted by Crippen LogP contribution is 2.24. The fraction of sp³-hybridized carbons (Fsp3) is 0.182. The van der Waals surface area contributed by atoms with Gasteiger partial charge >= 0.3 is 0 Å². The Kier molecular flexibility index (Phi) is 4.85. The maximum atomic E-state index is 12.4. The van der Waals surface area contributed by atoms with Gasteiger partial charge in [0.1, 0.15) is 6.54 Å². The van der Waals surface area contributed by atoms with Crippen molar-refractivity contribution in [3.05, 3.63) is 66.5 Å². The number of aromatic amines is 1. The van der Waals surface area contributed by atoms with Gasteiger partial charge in [0.25, 0.3) is 0 Å². The van der Waals surface area contributed by atoms with E-state index in [1.165, 1.54) is 17.9 Å². The molecule has 0 atom stereocenters. The van der Waals surface area contributed by atoms with Crippen LogP contribution in [-0.4, -0.2) is 27.9 Å². The minimum Gasteiger partial charge on any atom is -0.361 e. The summed E-state index contributed by atoms with van der Waals surface area (Å²) in [6.07, 6.45) is 4.64. The van der Waals surface area contributed by atoms with Crippen LogP contribution in [0.5, 0.6) is 0 Å². The van der Waals surface area contributed by atoms with Gasteiger partial charge in [-0.05, 0) is 36.2 Å². The molecule has 28 heavy (non-hydrogen) atoms. The van der Waals surface area contributed by atoms with Crippen molar-refractivity contribution in [3.63, 3.8) is 0 Å². The van der Waals surface area contributed by atoms with Crippen LogP contribution in [-0.2, 0) is 22.6 Å². The number of H-pyrrole nitrogens is 1. The van der Waals surface area contributed by atoms with Crippen LogP contribution in [0.25, 0.3) is 21.8 Å². The second-order valence-corrected chi connectivity index (χ2v) is 6.82. The van der Waals surface area contributed by atoms with E-state index in [2.05, 4.69) is 21.7 Å². The molecule has 6 nitrogen and oxygen atoms in total. The lowest BCUT2D eigenvalue weighted by Crippen LogP contribution is -2.29. The molecule has 3 N–H and O–H groups in total. The van der Waals surface area contributed by atoms with Gasteiger partial charge in [-0.2, -0.15) is 0 Å². The number of carbonyl (C=O) groups excluding carboxylic acids is 2. The lowest BCUT2D eigenvalue weighted by molar-refractivity contribution is -0.121. The van der Waals surface area contributed by atoms with E-state index in [4.69, 9.17) is 0 Å². The van der Waals surface area contributed by atoms with Crippen molar-refractivity contribution in [3.8, 4) is 0 Å². The minimum atomic E-state index is -0.115. The lowest BCUT2D eigenvalue weighted by atomic mass is 10.1. The number of benzene rings is 2. The Labute approximate surface area is 162 Å². The number of carbonyl (C=O) groups is 2. The average Bonchev–Trinajstić information content (AvgIpc) is 3.27. The molecule has 0 saturated heterocycles. The first-order chi connectivity index (χ1) is 13.6. The molecular weight excluding hydrogens is 352 g/mol. The molecule has 0 aliphatic heterocycles. The molecule has 2 aromatic heterocycles. The SMILES string of the molecule is CC(=O)Nc1cccc2c1ccn2CC(=O)NCCc1c[nH]c2ccccc12. The van der Waals surface area contributed by atoms with Crippen molar-refractivity contribution < 1.29 is 9.59 Å². The number of fused-ring (bicyclic) bond motifs is 2. The van der Waals surface area contributed by atoms with Crippen LogP contribution in [0.4, 0.5) is 5.69 Å². The predicted molar refractivity (Wildman–Crippen MR) is 111 cm³/mol. The number of rotatable bonds is 6. The van der Waals surface area contributed by atoms with Gasteiger partial charge in [-0.25, -0.2) is 0 Å². The zero-order valence-corrected chi connectivity index (χ0v) is 15.7. The Hall–Kier alpha value is -3.54. The van der Waals surface area contributed by atoms with Gasteiger partial charge in [-0.1, -0.05) is 24.3 Å². The van der Waals surface area contributed by atoms with Crippen LogP contribution in [0.1, 0.15) is 12.5 Å². The van der Waals surface area contributed by atoms with Gasteiger partial charge in [-0.15, -0.1) is 0 Å². The van der Waals surface area contributed by atoms with Crippen molar-refractivity contribution in [2.45, 2.75) is 19.9 Å². The monoisotopic (exact) mass is 374 g/mol. The maximum absolute atomic E-state index is 12.4. The quantitative estimate of drug-likeness (QED) is 0.483. The molecule has 2 aromatic carbocycles. The number of hydrogen-bond donors (Lipinski definition) is 3. The van der Waals surface area contributed by atoms with E-state index in [1.54, 1.807) is 0 Å². The van der Waals surface area contributed by atoms with E-state index in [1.807, 2.05) is 59.4 Å². The number of para-hydroxylation sites is 1. The topological polar surface area (TPSA) is 78.9 Å². The Bertz CT molecular complexity index is 1160. The first-order valence-electron chi connectivity index (χ1n) is 9.29. The second-order valence-electron chi connectivity index (χ2n) is 6.82. The van der Waals surface area contributed by atoms with Gasteiger partial charge in [0, 0.05) is 42.2 Å². The average molecular weight is 374 g/mol. The van der Waals surface area contributed by atoms with Gasteiger partial charge in [0.05, 0.1) is 11.2 Å². The van der Waals surface area contributed by atoms with E-state index in [-0.39, 0.29) is 18.4 Å². The number of aromatic nitrogens is 2. The molecule has 0 saturated carbocycles. The van der Waals surface area contributed by atoms with Gasteiger partial charge in [0.15, 0.2) is 0 Å². The molecule has 4 aromatic rings. The number of amides is 2. The largest absolute Gasteiger partial charge is 0.361 e. The highest BCUT2D eigenvalue weighted by molar-refractivity contribution is 6.01. The third-order valence-corrected chi connectivity index (χ3v) is 4.83. The Morgan fingerprint density at radius 3 is 2.75 bits per heavy atom. The Balaban J connectivity index is 1.39. The van der Waals surface area contributed by atoms with Crippen LogP contribution in [0.15, 0.2) is 60.9 Å². The third-order valence-electron chi connectivity index (χ3n) is 4.83. The first kappa shape index (κ1) is 17.9. The summed E-state index contributed by atoms with van der Waals surface area (Å²) in [5.74, 6) is -0.155. The van der Waals surface area contributed by atoms with E-state index >= 15 is 0 Å². The van der Waals surface area contributed by atoms with Crippen molar-refractivity contribution in [2.75, 3.05) is 11.9 Å². The van der Waals surface area contributed by atoms with Crippen molar-refractivity contribution in [1.82, 2.24) is 14.9 Å². The normalized spacial score (nSPS) is 11.0. The minimum absolute atomic E-state index is 0.0396. The van der Waals surface area contributed by atoms with Crippen LogP contribution in [0, 0.1) is 0 Å². The van der Waals surface area contributed by atoms with Crippen molar-refractivity contribution in [1.29, 1.82) is 0 Å². The molecule has 142 valence electrons. The molecule has 2 heterocycles. The smallest absolute Gasteiger partial charge is 0.239 e. The molecule has 0 bridgehead atoms. The number of nitrogens with zero attached hydrogens (tertiary/aromatic N) is 1. The summed E-state index contributed by atoms with van der Waals surface area (Å²) < 4.78 is 1.89. The summed E-state index contributed by atoms with van der Waals surface area (Å²) in [6, 6.07) is 15.7. The predicted octanol–water partition coefficient (Wildman–Crippen LogP) is 3.44. The van der Waals surface area contributed by atoms with Crippen LogP contribution < -0.4 is 10.6 Å². The molecule has 2 amide bonds. The zero-order chi connectivity index (χ0) is 19.5. The number of anilines is 1. The molecule has 0 unspecified atom stereocenters. The van der Waals surface area contributed by atoms with E-state index < -0.39 is 0 Å². The maximum Gasteiger partial charge on any atom is 0.239 e. The standard InChI is InChI=1S/C22H22N4O2/c1-15(27)25-20-7-4-8-21-18(20)10-12-26(21)14-22(28)23-11-9-16-13-24-19-6-3-2-5-17(16)19/h2-8,10,12-13,24H,9,11,14H2,1H3,(H,23,28)(H,25,27). The summed E-state index contributed by atoms with van der Waals surface area (Å²) in [4.78, 5) is 27.0. The molecular formula is C22H22N4O2. The number of nitrogens with one attached hydrogen (secondary N) is 3. The fourth-order valence-corrected chi connectivity index (χ4v) is 3.55. The molecule has 0 aliphatic carbocycles. The second kappa shape index (κ2) is 7.60. The van der Waals surface area contributed by atoms with E-state index in [9.17, 15) is 9.59 Å². The van der Waals surface area contributed by atoms with Crippen LogP contribution in [0.2, 0.25) is 0 Å². The lowest BCUT2D eigenvalue weighted by Gasteiger charge is -2.09. The molecule has 0 fully saturated rings. The van der Waals surface area contributed by atoms with Crippen LogP contribution >= 0.6 is 0 Å². The molecule has 0 spiro atoms. The molecule has 0 radical (unpaired) electrons. The number of hydrogen-bond acceptors (Lipinski definition) is 2. The summed E-state index contributed by atoms with van der Waals surface area (Å²) in [7, 11) is 0. The van der Waals surface area contributed by atoms with Crippen molar-refractivity contribution >= 4 is 39.3 Å². The van der Waals surface area contributed by atoms with E-state index in [0.29, 0.717) is 6.54 Å². The van der Waals surface area contributed by atoms with Crippen LogP contribution in [0.3, 0.4) is 0 Å². The third kappa shape index (κ3) is 3.62. The van der Waals surface area contributed by atoms with Gasteiger partial charge in [0.2, 0.25) is 11.8 Å². The molecule has 4 rings (SSSR count). The Morgan fingerprint density at radius 2 is 1.89 bits per heavy atom. The zero-order valence-electron chi connectivity index (χ0n) is 15.7.